The minimum absolute atomic E-state index is 0.0243. The van der Waals surface area contributed by atoms with E-state index in [1.807, 2.05) is 0 Å². The van der Waals surface area contributed by atoms with Gasteiger partial charge in [-0.3, -0.25) is 9.59 Å². The summed E-state index contributed by atoms with van der Waals surface area (Å²) in [6, 6.07) is 5.29. The molecule has 10 heteroatoms. The lowest BCUT2D eigenvalue weighted by atomic mass is 10.2. The van der Waals surface area contributed by atoms with Gasteiger partial charge >= 0.3 is 6.18 Å². The lowest BCUT2D eigenvalue weighted by molar-refractivity contribution is -0.123. The van der Waals surface area contributed by atoms with Gasteiger partial charge in [0.2, 0.25) is 0 Å². The van der Waals surface area contributed by atoms with Crippen LogP contribution in [0.1, 0.15) is 20.8 Å². The number of nitrogens with two attached hydrogens (primary N) is 1. The summed E-state index contributed by atoms with van der Waals surface area (Å²) in [5.41, 5.74) is 5.80. The first kappa shape index (κ1) is 17.2. The van der Waals surface area contributed by atoms with Crippen LogP contribution in [-0.4, -0.2) is 34.5 Å². The third-order valence-corrected chi connectivity index (χ3v) is 2.80. The quantitative estimate of drug-likeness (QED) is 0.784. The van der Waals surface area contributed by atoms with Gasteiger partial charge in [-0.2, -0.15) is 13.2 Å². The molecule has 0 saturated heterocycles. The Balaban J connectivity index is 2.01. The molecule has 0 radical (unpaired) electrons. The molecule has 0 spiro atoms. The molecule has 0 bridgehead atoms. The zero-order chi connectivity index (χ0) is 17.7. The predicted octanol–water partition coefficient (Wildman–Crippen LogP) is 1.60. The van der Waals surface area contributed by atoms with Gasteiger partial charge < -0.3 is 16.4 Å². The van der Waals surface area contributed by atoms with E-state index in [-0.39, 0.29) is 17.1 Å². The summed E-state index contributed by atoms with van der Waals surface area (Å²) in [5.74, 6) is -1.52. The van der Waals surface area contributed by atoms with E-state index in [0.717, 1.165) is 0 Å². The minimum Gasteiger partial charge on any atom is -0.382 e. The van der Waals surface area contributed by atoms with Crippen LogP contribution < -0.4 is 16.4 Å². The number of benzene rings is 1. The maximum Gasteiger partial charge on any atom is 0.405 e. The number of nitrogens with zero attached hydrogens (tertiary/aromatic N) is 2. The molecule has 4 N–H and O–H groups in total. The van der Waals surface area contributed by atoms with Gasteiger partial charge in [-0.1, -0.05) is 0 Å². The standard InChI is InChI=1S/C14H12F3N5O2/c15-14(16,17)7-21-12(23)8-1-3-9(4-2-8)22-13(24)10-11(18)20-6-5-19-10/h1-6H,7H2,(H2,18,20)(H,21,23)(H,22,24). The molecule has 7 nitrogen and oxygen atoms in total. The third-order valence-electron chi connectivity index (χ3n) is 2.80. The Hall–Kier alpha value is -3.17. The highest BCUT2D eigenvalue weighted by molar-refractivity contribution is 6.05. The number of nitrogens with one attached hydrogen (secondary N) is 2. The smallest absolute Gasteiger partial charge is 0.382 e. The van der Waals surface area contributed by atoms with Gasteiger partial charge in [0.05, 0.1) is 0 Å². The highest BCUT2D eigenvalue weighted by Gasteiger charge is 2.27. The number of nitrogen functional groups attached to an aromatic ring is 1. The van der Waals surface area contributed by atoms with E-state index in [2.05, 4.69) is 15.3 Å². The van der Waals surface area contributed by atoms with Crippen LogP contribution in [0.25, 0.3) is 0 Å². The Kier molecular flexibility index (Phi) is 4.97. The van der Waals surface area contributed by atoms with Crippen LogP contribution in [0.3, 0.4) is 0 Å². The Morgan fingerprint density at radius 3 is 2.25 bits per heavy atom. The second kappa shape index (κ2) is 6.94. The summed E-state index contributed by atoms with van der Waals surface area (Å²) in [5, 5.41) is 4.23. The van der Waals surface area contributed by atoms with Crippen LogP contribution in [0.4, 0.5) is 24.7 Å². The van der Waals surface area contributed by atoms with Crippen molar-refractivity contribution in [3.8, 4) is 0 Å². The van der Waals surface area contributed by atoms with E-state index < -0.39 is 24.5 Å². The molecule has 1 aromatic heterocycles. The van der Waals surface area contributed by atoms with E-state index in [9.17, 15) is 22.8 Å². The fourth-order valence-corrected chi connectivity index (χ4v) is 1.70. The van der Waals surface area contributed by atoms with Crippen molar-refractivity contribution in [2.75, 3.05) is 17.6 Å². The summed E-state index contributed by atoms with van der Waals surface area (Å²) in [7, 11) is 0. The Morgan fingerprint density at radius 1 is 1.04 bits per heavy atom. The summed E-state index contributed by atoms with van der Waals surface area (Å²) in [6.45, 7) is -1.42. The molecule has 126 valence electrons. The Labute approximate surface area is 134 Å². The van der Waals surface area contributed by atoms with Gasteiger partial charge in [0.25, 0.3) is 11.8 Å². The van der Waals surface area contributed by atoms with Crippen LogP contribution in [0.2, 0.25) is 0 Å². The number of halogens is 3. The van der Waals surface area contributed by atoms with E-state index in [1.165, 1.54) is 36.7 Å². The van der Waals surface area contributed by atoms with Gasteiger partial charge in [-0.15, -0.1) is 0 Å². The molecular weight excluding hydrogens is 327 g/mol. The second-order valence-electron chi connectivity index (χ2n) is 4.62. The minimum atomic E-state index is -4.49. The van der Waals surface area contributed by atoms with Crippen molar-refractivity contribution in [3.63, 3.8) is 0 Å². The topological polar surface area (TPSA) is 110 Å². The van der Waals surface area contributed by atoms with Crippen LogP contribution in [0, 0.1) is 0 Å². The van der Waals surface area contributed by atoms with Crippen molar-refractivity contribution in [3.05, 3.63) is 47.9 Å². The molecule has 1 aromatic carbocycles. The molecule has 2 amide bonds. The normalized spacial score (nSPS) is 11.0. The third kappa shape index (κ3) is 4.66. The largest absolute Gasteiger partial charge is 0.405 e. The zero-order valence-electron chi connectivity index (χ0n) is 12.1. The van der Waals surface area contributed by atoms with E-state index >= 15 is 0 Å². The van der Waals surface area contributed by atoms with Crippen molar-refractivity contribution in [2.24, 2.45) is 0 Å². The van der Waals surface area contributed by atoms with Crippen molar-refractivity contribution in [1.82, 2.24) is 15.3 Å². The van der Waals surface area contributed by atoms with Gasteiger partial charge in [0.15, 0.2) is 11.5 Å². The molecule has 0 aliphatic heterocycles. The van der Waals surface area contributed by atoms with Gasteiger partial charge in [0, 0.05) is 23.6 Å². The first-order valence-corrected chi connectivity index (χ1v) is 6.59. The van der Waals surface area contributed by atoms with Crippen molar-refractivity contribution in [1.29, 1.82) is 0 Å². The zero-order valence-corrected chi connectivity index (χ0v) is 12.1. The van der Waals surface area contributed by atoms with Crippen molar-refractivity contribution >= 4 is 23.3 Å². The lowest BCUT2D eigenvalue weighted by Crippen LogP contribution is -2.33. The number of amides is 2. The van der Waals surface area contributed by atoms with E-state index in [0.29, 0.717) is 5.69 Å². The van der Waals surface area contributed by atoms with Crippen LogP contribution in [0.5, 0.6) is 0 Å². The average Bonchev–Trinajstić information content (AvgIpc) is 2.53. The summed E-state index contributed by atoms with van der Waals surface area (Å²) < 4.78 is 36.1. The number of rotatable bonds is 4. The second-order valence-corrected chi connectivity index (χ2v) is 4.62. The maximum absolute atomic E-state index is 12.0. The molecular formula is C14H12F3N5O2. The lowest BCUT2D eigenvalue weighted by Gasteiger charge is -2.09. The average molecular weight is 339 g/mol. The molecule has 0 fully saturated rings. The van der Waals surface area contributed by atoms with Crippen molar-refractivity contribution in [2.45, 2.75) is 6.18 Å². The molecule has 0 aliphatic rings. The van der Waals surface area contributed by atoms with Crippen LogP contribution >= 0.6 is 0 Å². The van der Waals surface area contributed by atoms with Gasteiger partial charge in [0.1, 0.15) is 6.54 Å². The Morgan fingerprint density at radius 2 is 1.67 bits per heavy atom. The summed E-state index contributed by atoms with van der Waals surface area (Å²) >= 11 is 0. The number of aromatic nitrogens is 2. The van der Waals surface area contributed by atoms with E-state index in [1.54, 1.807) is 5.32 Å². The fourth-order valence-electron chi connectivity index (χ4n) is 1.70. The van der Waals surface area contributed by atoms with Crippen LogP contribution in [-0.2, 0) is 0 Å². The molecule has 0 aliphatic carbocycles. The number of carbonyl (C=O) groups is 2. The molecule has 2 rings (SSSR count). The highest BCUT2D eigenvalue weighted by atomic mass is 19.4. The first-order chi connectivity index (χ1) is 11.3. The predicted molar refractivity (Wildman–Crippen MR) is 79.2 cm³/mol. The molecule has 0 unspecified atom stereocenters. The Bertz CT molecular complexity index is 747. The number of anilines is 2. The number of alkyl halides is 3. The summed E-state index contributed by atoms with van der Waals surface area (Å²) in [6.07, 6.45) is -1.85. The molecule has 0 atom stereocenters. The molecule has 2 aromatic rings. The van der Waals surface area contributed by atoms with Crippen molar-refractivity contribution < 1.29 is 22.8 Å². The molecule has 24 heavy (non-hydrogen) atoms. The van der Waals surface area contributed by atoms with Crippen LogP contribution in [0.15, 0.2) is 36.7 Å². The number of carbonyl (C=O) groups excluding carboxylic acids is 2. The number of hydrogen-bond donors (Lipinski definition) is 3. The maximum atomic E-state index is 12.0. The van der Waals surface area contributed by atoms with E-state index in [4.69, 9.17) is 5.73 Å². The molecule has 1 heterocycles. The fraction of sp³-hybridized carbons (Fsp3) is 0.143. The highest BCUT2D eigenvalue weighted by Crippen LogP contribution is 2.14. The van der Waals surface area contributed by atoms with Gasteiger partial charge in [-0.25, -0.2) is 9.97 Å². The summed E-state index contributed by atoms with van der Waals surface area (Å²) in [4.78, 5) is 31.1. The van der Waals surface area contributed by atoms with Gasteiger partial charge in [-0.05, 0) is 24.3 Å². The SMILES string of the molecule is Nc1nccnc1C(=O)Nc1ccc(C(=O)NCC(F)(F)F)cc1. The molecule has 0 saturated carbocycles. The number of hydrogen-bond acceptors (Lipinski definition) is 5. The monoisotopic (exact) mass is 339 g/mol. The first-order valence-electron chi connectivity index (χ1n) is 6.59.